The van der Waals surface area contributed by atoms with Crippen molar-refractivity contribution in [3.63, 3.8) is 0 Å². The van der Waals surface area contributed by atoms with E-state index in [9.17, 15) is 0 Å². The van der Waals surface area contributed by atoms with Crippen LogP contribution in [0.1, 0.15) is 18.4 Å². The Morgan fingerprint density at radius 2 is 2.00 bits per heavy atom. The zero-order chi connectivity index (χ0) is 11.8. The molecule has 0 saturated heterocycles. The van der Waals surface area contributed by atoms with Gasteiger partial charge in [-0.25, -0.2) is 0 Å². The molecule has 0 aliphatic carbocycles. The van der Waals surface area contributed by atoms with Crippen molar-refractivity contribution in [2.45, 2.75) is 19.2 Å². The van der Waals surface area contributed by atoms with Crippen molar-refractivity contribution < 1.29 is 4.42 Å². The molecular weight excluding hydrogens is 238 g/mol. The van der Waals surface area contributed by atoms with Gasteiger partial charge < -0.3 is 9.73 Å². The highest BCUT2D eigenvalue weighted by atomic mass is 32.2. The van der Waals surface area contributed by atoms with Crippen LogP contribution in [0, 0.1) is 5.92 Å². The van der Waals surface area contributed by atoms with Crippen LogP contribution in [0.2, 0.25) is 0 Å². The molecule has 0 aromatic carbocycles. The number of rotatable bonds is 8. The molecule has 4 heteroatoms. The molecule has 0 radical (unpaired) electrons. The van der Waals surface area contributed by atoms with Gasteiger partial charge in [0.25, 0.3) is 0 Å². The fourth-order valence-corrected chi connectivity index (χ4v) is 2.65. The predicted octanol–water partition coefficient (Wildman–Crippen LogP) is 3.23. The van der Waals surface area contributed by atoms with Crippen LogP contribution in [0.4, 0.5) is 0 Å². The predicted molar refractivity (Wildman–Crippen MR) is 75.2 cm³/mol. The molecule has 0 spiro atoms. The summed E-state index contributed by atoms with van der Waals surface area (Å²) in [4.78, 5) is 0. The summed E-state index contributed by atoms with van der Waals surface area (Å²) in [6.07, 6.45) is 4.24. The molecule has 1 unspecified atom stereocenters. The first-order valence-electron chi connectivity index (χ1n) is 5.52. The summed E-state index contributed by atoms with van der Waals surface area (Å²) >= 11 is 3.69. The highest BCUT2D eigenvalue weighted by Gasteiger charge is 2.03. The van der Waals surface area contributed by atoms with Crippen molar-refractivity contribution in [1.29, 1.82) is 0 Å². The topological polar surface area (TPSA) is 25.2 Å². The van der Waals surface area contributed by atoms with Crippen molar-refractivity contribution in [3.8, 4) is 0 Å². The first-order valence-corrected chi connectivity index (χ1v) is 8.31. The van der Waals surface area contributed by atoms with Crippen molar-refractivity contribution in [2.75, 3.05) is 24.8 Å². The smallest absolute Gasteiger partial charge is 0.117 e. The minimum atomic E-state index is 0.718. The molecule has 2 nitrogen and oxygen atoms in total. The Kier molecular flexibility index (Phi) is 7.08. The summed E-state index contributed by atoms with van der Waals surface area (Å²) < 4.78 is 5.68. The quantitative estimate of drug-likeness (QED) is 0.775. The molecule has 0 amide bonds. The van der Waals surface area contributed by atoms with Crippen LogP contribution in [-0.4, -0.2) is 24.8 Å². The second-order valence-corrected chi connectivity index (χ2v) is 5.77. The average Bonchev–Trinajstić information content (AvgIpc) is 2.67. The van der Waals surface area contributed by atoms with Gasteiger partial charge >= 0.3 is 0 Å². The summed E-state index contributed by atoms with van der Waals surface area (Å²) in [5.74, 6) is 5.00. The molecule has 1 heterocycles. The zero-order valence-electron chi connectivity index (χ0n) is 10.3. The standard InChI is InChI=1S/C12H21NOS2/c1-10(8-15-2)6-13-7-11-4-5-12(14-11)9-16-3/h4-5,10,13H,6-9H2,1-3H3. The maximum absolute atomic E-state index is 5.68. The Hall–Kier alpha value is -0.0600. The number of nitrogens with one attached hydrogen (secondary N) is 1. The van der Waals surface area contributed by atoms with Crippen LogP contribution >= 0.6 is 23.5 Å². The summed E-state index contributed by atoms with van der Waals surface area (Å²) in [6.45, 7) is 4.16. The molecule has 0 aliphatic heterocycles. The van der Waals surface area contributed by atoms with E-state index < -0.39 is 0 Å². The van der Waals surface area contributed by atoms with E-state index in [2.05, 4.69) is 36.9 Å². The Balaban J connectivity index is 2.21. The van der Waals surface area contributed by atoms with Crippen molar-refractivity contribution in [3.05, 3.63) is 23.7 Å². The van der Waals surface area contributed by atoms with Crippen LogP contribution in [0.5, 0.6) is 0 Å². The van der Waals surface area contributed by atoms with Gasteiger partial charge in [-0.05, 0) is 42.9 Å². The summed E-state index contributed by atoms with van der Waals surface area (Å²) in [6, 6.07) is 4.14. The fraction of sp³-hybridized carbons (Fsp3) is 0.667. The summed E-state index contributed by atoms with van der Waals surface area (Å²) in [5.41, 5.74) is 0. The van der Waals surface area contributed by atoms with E-state index in [1.54, 1.807) is 11.8 Å². The molecule has 1 aromatic heterocycles. The Morgan fingerprint density at radius 1 is 1.25 bits per heavy atom. The first kappa shape index (κ1) is 14.0. The third kappa shape index (κ3) is 5.32. The fourth-order valence-electron chi connectivity index (χ4n) is 1.52. The molecule has 1 atom stereocenters. The Labute approximate surface area is 107 Å². The van der Waals surface area contributed by atoms with Crippen LogP contribution < -0.4 is 5.32 Å². The number of furan rings is 1. The van der Waals surface area contributed by atoms with Gasteiger partial charge in [0.05, 0.1) is 12.3 Å². The lowest BCUT2D eigenvalue weighted by Crippen LogP contribution is -2.21. The van der Waals surface area contributed by atoms with Crippen LogP contribution in [-0.2, 0) is 12.3 Å². The second-order valence-electron chi connectivity index (χ2n) is 3.99. The van der Waals surface area contributed by atoms with Gasteiger partial charge in [-0.3, -0.25) is 0 Å². The number of thioether (sulfide) groups is 2. The third-order valence-electron chi connectivity index (χ3n) is 2.25. The molecule has 0 bridgehead atoms. The molecule has 1 rings (SSSR count). The lowest BCUT2D eigenvalue weighted by Gasteiger charge is -2.09. The highest BCUT2D eigenvalue weighted by molar-refractivity contribution is 7.98. The first-order chi connectivity index (χ1) is 7.76. The van der Waals surface area contributed by atoms with E-state index in [0.717, 1.165) is 36.3 Å². The van der Waals surface area contributed by atoms with E-state index in [1.807, 2.05) is 11.8 Å². The van der Waals surface area contributed by atoms with Gasteiger partial charge in [0, 0.05) is 0 Å². The largest absolute Gasteiger partial charge is 0.464 e. The minimum absolute atomic E-state index is 0.718. The summed E-state index contributed by atoms with van der Waals surface area (Å²) in [5, 5.41) is 3.43. The molecular formula is C12H21NOS2. The normalized spacial score (nSPS) is 12.9. The number of hydrogen-bond acceptors (Lipinski definition) is 4. The molecule has 1 N–H and O–H groups in total. The van der Waals surface area contributed by atoms with Crippen molar-refractivity contribution in [2.24, 2.45) is 5.92 Å². The van der Waals surface area contributed by atoms with E-state index >= 15 is 0 Å². The van der Waals surface area contributed by atoms with Crippen molar-refractivity contribution in [1.82, 2.24) is 5.32 Å². The van der Waals surface area contributed by atoms with E-state index in [-0.39, 0.29) is 0 Å². The van der Waals surface area contributed by atoms with Crippen LogP contribution in [0.25, 0.3) is 0 Å². The average molecular weight is 259 g/mol. The van der Waals surface area contributed by atoms with Gasteiger partial charge in [-0.2, -0.15) is 23.5 Å². The molecule has 0 aliphatic rings. The molecule has 92 valence electrons. The van der Waals surface area contributed by atoms with E-state index in [0.29, 0.717) is 0 Å². The second kappa shape index (κ2) is 8.09. The van der Waals surface area contributed by atoms with Crippen LogP contribution in [0.3, 0.4) is 0 Å². The molecule has 0 saturated carbocycles. The lowest BCUT2D eigenvalue weighted by molar-refractivity contribution is 0.447. The van der Waals surface area contributed by atoms with E-state index in [4.69, 9.17) is 4.42 Å². The molecule has 0 fully saturated rings. The maximum atomic E-state index is 5.68. The van der Waals surface area contributed by atoms with Gasteiger partial charge in [-0.15, -0.1) is 0 Å². The van der Waals surface area contributed by atoms with Crippen LogP contribution in [0.15, 0.2) is 16.5 Å². The van der Waals surface area contributed by atoms with Crippen molar-refractivity contribution >= 4 is 23.5 Å². The maximum Gasteiger partial charge on any atom is 0.117 e. The minimum Gasteiger partial charge on any atom is -0.464 e. The van der Waals surface area contributed by atoms with Gasteiger partial charge in [0.1, 0.15) is 11.5 Å². The van der Waals surface area contributed by atoms with Gasteiger partial charge in [0.15, 0.2) is 0 Å². The Bertz CT molecular complexity index is 288. The monoisotopic (exact) mass is 259 g/mol. The Morgan fingerprint density at radius 3 is 2.69 bits per heavy atom. The molecule has 1 aromatic rings. The highest BCUT2D eigenvalue weighted by Crippen LogP contribution is 2.13. The number of hydrogen-bond donors (Lipinski definition) is 1. The zero-order valence-corrected chi connectivity index (χ0v) is 11.9. The third-order valence-corrected chi connectivity index (χ3v) is 3.72. The lowest BCUT2D eigenvalue weighted by atomic mass is 10.2. The van der Waals surface area contributed by atoms with Gasteiger partial charge in [-0.1, -0.05) is 6.92 Å². The summed E-state index contributed by atoms with van der Waals surface area (Å²) in [7, 11) is 0. The molecule has 16 heavy (non-hydrogen) atoms. The SMILES string of the molecule is CSCc1ccc(CNCC(C)CSC)o1. The van der Waals surface area contributed by atoms with E-state index in [1.165, 1.54) is 5.75 Å². The van der Waals surface area contributed by atoms with Gasteiger partial charge in [0.2, 0.25) is 0 Å².